The van der Waals surface area contributed by atoms with Crippen LogP contribution in [0.5, 0.6) is 11.5 Å². The number of rotatable bonds is 5. The third kappa shape index (κ3) is 8.28. The van der Waals surface area contributed by atoms with Crippen LogP contribution in [-0.2, 0) is 16.2 Å². The molecule has 0 saturated carbocycles. The Morgan fingerprint density at radius 2 is 0.974 bits per heavy atom. The van der Waals surface area contributed by atoms with Gasteiger partial charge in [0, 0.05) is 61.1 Å². The molecule has 4 heterocycles. The largest absolute Gasteiger partial charge is 0.490 e. The van der Waals surface area contributed by atoms with E-state index in [4.69, 9.17) is 9.47 Å². The predicted octanol–water partition coefficient (Wildman–Crippen LogP) is 17.5. The molecule has 376 valence electrons. The fourth-order valence-corrected chi connectivity index (χ4v) is 13.1. The van der Waals surface area contributed by atoms with E-state index < -0.39 is 0 Å². The molecule has 1 aromatic heterocycles. The molecule has 13 rings (SSSR count). The molecule has 0 aliphatic carbocycles. The van der Waals surface area contributed by atoms with E-state index in [2.05, 4.69) is 255 Å². The summed E-state index contributed by atoms with van der Waals surface area (Å²) in [5.74, 6) is 1.58. The molecule has 0 N–H and O–H groups in total. The lowest BCUT2D eigenvalue weighted by Gasteiger charge is -2.45. The van der Waals surface area contributed by atoms with Crippen molar-refractivity contribution < 1.29 is 9.47 Å². The summed E-state index contributed by atoms with van der Waals surface area (Å²) < 4.78 is 15.2. The van der Waals surface area contributed by atoms with Crippen molar-refractivity contribution in [2.24, 2.45) is 0 Å². The normalized spacial score (nSPS) is 14.2. The molecule has 0 atom stereocenters. The number of benzene rings is 9. The van der Waals surface area contributed by atoms with Crippen LogP contribution in [0.4, 0.5) is 34.1 Å². The smallest absolute Gasteiger partial charge is 0.252 e. The second kappa shape index (κ2) is 17.8. The molecule has 4 nitrogen and oxygen atoms in total. The Labute approximate surface area is 453 Å². The maximum absolute atomic E-state index is 6.41. The Bertz CT molecular complexity index is 3870. The molecule has 3 aliphatic heterocycles. The van der Waals surface area contributed by atoms with Crippen LogP contribution >= 0.6 is 11.3 Å². The highest BCUT2D eigenvalue weighted by Gasteiger charge is 2.44. The van der Waals surface area contributed by atoms with Crippen molar-refractivity contribution in [1.82, 2.24) is 0 Å². The number of hydrogen-bond acceptors (Lipinski definition) is 5. The minimum atomic E-state index is -0.0723. The van der Waals surface area contributed by atoms with Crippen LogP contribution in [0.15, 0.2) is 176 Å². The predicted molar refractivity (Wildman–Crippen MR) is 326 cm³/mol. The van der Waals surface area contributed by atoms with Gasteiger partial charge in [0.15, 0.2) is 11.5 Å². The first-order valence-electron chi connectivity index (χ1n) is 27.2. The lowest BCUT2D eigenvalue weighted by molar-refractivity contribution is 0.297. The zero-order chi connectivity index (χ0) is 52.4. The van der Waals surface area contributed by atoms with Crippen LogP contribution in [0.25, 0.3) is 53.6 Å². The minimum absolute atomic E-state index is 0.0389. The third-order valence-corrected chi connectivity index (χ3v) is 17.3. The van der Waals surface area contributed by atoms with Gasteiger partial charge < -0.3 is 19.3 Å². The van der Waals surface area contributed by atoms with Crippen molar-refractivity contribution in [1.29, 1.82) is 0 Å². The van der Waals surface area contributed by atoms with Crippen molar-refractivity contribution >= 4 is 88.7 Å². The Hall–Kier alpha value is -7.54. The molecule has 0 saturated heterocycles. The van der Waals surface area contributed by atoms with Crippen molar-refractivity contribution in [2.45, 2.75) is 91.9 Å². The van der Waals surface area contributed by atoms with E-state index in [0.717, 1.165) is 29.3 Å². The van der Waals surface area contributed by atoms with E-state index in [1.54, 1.807) is 0 Å². The van der Waals surface area contributed by atoms with Gasteiger partial charge in [-0.25, -0.2) is 0 Å². The van der Waals surface area contributed by atoms with E-state index in [-0.39, 0.29) is 23.0 Å². The van der Waals surface area contributed by atoms with Crippen LogP contribution in [0.3, 0.4) is 0 Å². The number of hydrogen-bond donors (Lipinski definition) is 0. The van der Waals surface area contributed by atoms with Gasteiger partial charge in [0.2, 0.25) is 0 Å². The van der Waals surface area contributed by atoms with Gasteiger partial charge in [0.1, 0.15) is 0 Å². The molecule has 0 bridgehead atoms. The summed E-state index contributed by atoms with van der Waals surface area (Å²) in [6, 6.07) is 67.5. The number of ether oxygens (including phenoxy) is 2. The standard InChI is InChI=1S/C70H65BN2O2S/c1-43-34-61-67-62(35-43)73(54-37-48(44-16-22-50(23-17-44)68(2,3)4)36-49(38-54)45-18-24-51(25-19-45)69(5,6)7)60-39-46(47-20-28-56-55-14-11-12-15-65(55)76-66(56)40-47)21-29-57(60)71(67)58-41-52(70(8,9)10)26-30-59(58)72(61)53-27-31-63-64(42-53)75-33-13-32-74-63/h11-12,14-31,34-42H,13,32-33H2,1-10H3. The molecular weight excluding hydrogens is 944 g/mol. The molecule has 3 aliphatic rings. The quantitative estimate of drug-likeness (QED) is 0.160. The summed E-state index contributed by atoms with van der Waals surface area (Å²) in [6.07, 6.45) is 0.850. The third-order valence-electron chi connectivity index (χ3n) is 16.1. The van der Waals surface area contributed by atoms with Gasteiger partial charge in [-0.3, -0.25) is 0 Å². The second-order valence-electron chi connectivity index (χ2n) is 24.5. The van der Waals surface area contributed by atoms with Gasteiger partial charge in [-0.15, -0.1) is 11.3 Å². The summed E-state index contributed by atoms with van der Waals surface area (Å²) in [7, 11) is 0. The van der Waals surface area contributed by atoms with Gasteiger partial charge in [-0.05, 0) is 162 Å². The van der Waals surface area contributed by atoms with Gasteiger partial charge in [0.05, 0.1) is 18.9 Å². The van der Waals surface area contributed by atoms with Crippen molar-refractivity contribution in [3.63, 3.8) is 0 Å². The van der Waals surface area contributed by atoms with Crippen molar-refractivity contribution in [2.75, 3.05) is 23.0 Å². The molecule has 0 amide bonds. The lowest BCUT2D eigenvalue weighted by atomic mass is 9.33. The van der Waals surface area contributed by atoms with Crippen LogP contribution in [0.1, 0.15) is 91.0 Å². The zero-order valence-electron chi connectivity index (χ0n) is 45.6. The fourth-order valence-electron chi connectivity index (χ4n) is 11.9. The summed E-state index contributed by atoms with van der Waals surface area (Å²) in [5.41, 5.74) is 23.1. The Morgan fingerprint density at radius 1 is 0.408 bits per heavy atom. The van der Waals surface area contributed by atoms with E-state index in [0.29, 0.717) is 13.2 Å². The van der Waals surface area contributed by atoms with Crippen LogP contribution in [0.2, 0.25) is 0 Å². The highest BCUT2D eigenvalue weighted by Crippen LogP contribution is 2.49. The fraction of sp³-hybridized carbons (Fsp3) is 0.229. The van der Waals surface area contributed by atoms with Gasteiger partial charge in [-0.1, -0.05) is 165 Å². The maximum atomic E-state index is 6.41. The van der Waals surface area contributed by atoms with Crippen LogP contribution in [-0.4, -0.2) is 19.9 Å². The first kappa shape index (κ1) is 48.1. The van der Waals surface area contributed by atoms with E-state index >= 15 is 0 Å². The highest BCUT2D eigenvalue weighted by atomic mass is 32.1. The molecule has 0 spiro atoms. The maximum Gasteiger partial charge on any atom is 0.252 e. The van der Waals surface area contributed by atoms with Gasteiger partial charge >= 0.3 is 0 Å². The first-order valence-corrected chi connectivity index (χ1v) is 28.0. The molecule has 9 aromatic carbocycles. The number of thiophene rings is 1. The molecule has 0 radical (unpaired) electrons. The van der Waals surface area contributed by atoms with Crippen molar-refractivity contribution in [3.05, 3.63) is 198 Å². The Morgan fingerprint density at radius 3 is 1.63 bits per heavy atom. The molecule has 0 unspecified atom stereocenters. The average molecular weight is 1010 g/mol. The zero-order valence-corrected chi connectivity index (χ0v) is 46.4. The molecule has 76 heavy (non-hydrogen) atoms. The second-order valence-corrected chi connectivity index (χ2v) is 25.6. The Kier molecular flexibility index (Phi) is 11.3. The molecule has 0 fully saturated rings. The monoisotopic (exact) mass is 1010 g/mol. The van der Waals surface area contributed by atoms with Crippen molar-refractivity contribution in [3.8, 4) is 44.9 Å². The number of aryl methyl sites for hydroxylation is 1. The van der Waals surface area contributed by atoms with Gasteiger partial charge in [-0.2, -0.15) is 0 Å². The molecular formula is C70H65BN2O2S. The van der Waals surface area contributed by atoms with Crippen LogP contribution in [0, 0.1) is 6.92 Å². The van der Waals surface area contributed by atoms with E-state index in [1.165, 1.54) is 115 Å². The SMILES string of the molecule is Cc1cc2c3c(c1)N(c1cc(-c4ccc(C(C)(C)C)cc4)cc(-c4ccc(C(C)(C)C)cc4)c1)c1cc(-c4ccc5c(c4)sc4ccccc45)ccc1B3c1cc(C(C)(C)C)ccc1N2c1ccc2c(c1)OCCCO2. The van der Waals surface area contributed by atoms with E-state index in [9.17, 15) is 0 Å². The van der Waals surface area contributed by atoms with Crippen LogP contribution < -0.4 is 35.7 Å². The molecule has 10 aromatic rings. The Balaban J connectivity index is 1.09. The number of nitrogens with zero attached hydrogens (tertiary/aromatic N) is 2. The lowest BCUT2D eigenvalue weighted by Crippen LogP contribution is -2.61. The van der Waals surface area contributed by atoms with E-state index in [1.807, 2.05) is 11.3 Å². The van der Waals surface area contributed by atoms with Gasteiger partial charge in [0.25, 0.3) is 6.71 Å². The average Bonchev–Trinajstić information content (AvgIpc) is 3.64. The molecule has 6 heteroatoms. The summed E-state index contributed by atoms with van der Waals surface area (Å²) in [5, 5.41) is 2.62. The minimum Gasteiger partial charge on any atom is -0.490 e. The number of fused-ring (bicyclic) bond motifs is 8. The topological polar surface area (TPSA) is 24.9 Å². The summed E-state index contributed by atoms with van der Waals surface area (Å²) >= 11 is 1.88. The summed E-state index contributed by atoms with van der Waals surface area (Å²) in [6.45, 7) is 24.2. The number of anilines is 6. The highest BCUT2D eigenvalue weighted by molar-refractivity contribution is 7.25. The first-order chi connectivity index (χ1) is 36.4. The summed E-state index contributed by atoms with van der Waals surface area (Å²) in [4.78, 5) is 5.09.